The Labute approximate surface area is 167 Å². The third kappa shape index (κ3) is 4.97. The fourth-order valence-electron chi connectivity index (χ4n) is 2.95. The number of carbonyl (C=O) groups excluding carboxylic acids is 2. The van der Waals surface area contributed by atoms with Crippen molar-refractivity contribution >= 4 is 29.1 Å². The Balaban J connectivity index is 2.44. The summed E-state index contributed by atoms with van der Waals surface area (Å²) in [6.07, 6.45) is 1.91. The molecule has 0 aliphatic heterocycles. The van der Waals surface area contributed by atoms with E-state index in [0.29, 0.717) is 11.3 Å². The van der Waals surface area contributed by atoms with Crippen LogP contribution in [0.4, 0.5) is 10.1 Å². The van der Waals surface area contributed by atoms with Gasteiger partial charge in [-0.15, -0.1) is 11.8 Å². The first-order valence-electron chi connectivity index (χ1n) is 8.41. The van der Waals surface area contributed by atoms with Gasteiger partial charge in [0.05, 0.1) is 12.1 Å². The maximum absolute atomic E-state index is 13.1. The van der Waals surface area contributed by atoms with Crippen LogP contribution in [-0.2, 0) is 9.59 Å². The molecule has 0 heterocycles. The van der Waals surface area contributed by atoms with Gasteiger partial charge in [0.25, 0.3) is 0 Å². The van der Waals surface area contributed by atoms with Gasteiger partial charge in [0, 0.05) is 16.5 Å². The number of nitrogens with one attached hydrogen (secondary N) is 1. The van der Waals surface area contributed by atoms with E-state index >= 15 is 0 Å². The number of hydrogen-bond donors (Lipinski definition) is 1. The third-order valence-corrected chi connectivity index (χ3v) is 5.07. The van der Waals surface area contributed by atoms with E-state index in [2.05, 4.69) is 5.32 Å². The van der Waals surface area contributed by atoms with Crippen molar-refractivity contribution in [3.05, 3.63) is 59.9 Å². The summed E-state index contributed by atoms with van der Waals surface area (Å²) in [4.78, 5) is 26.2. The molecule has 0 fully saturated rings. The average molecular weight is 395 g/mol. The Morgan fingerprint density at radius 2 is 1.61 bits per heavy atom. The van der Waals surface area contributed by atoms with Crippen molar-refractivity contribution in [2.24, 2.45) is 11.8 Å². The molecule has 2 rings (SSSR count). The third-order valence-electron chi connectivity index (χ3n) is 4.33. The van der Waals surface area contributed by atoms with Crippen LogP contribution in [0.1, 0.15) is 18.4 Å². The molecule has 0 aliphatic rings. The lowest BCUT2D eigenvalue weighted by molar-refractivity contribution is -0.131. The Bertz CT molecular complexity index is 916. The molecule has 0 unspecified atom stereocenters. The van der Waals surface area contributed by atoms with Crippen LogP contribution >= 0.6 is 11.8 Å². The maximum Gasteiger partial charge on any atom is 0.235 e. The largest absolute Gasteiger partial charge is 0.325 e. The average Bonchev–Trinajstić information content (AvgIpc) is 2.69. The van der Waals surface area contributed by atoms with E-state index in [4.69, 9.17) is 0 Å². The molecule has 0 aliphatic carbocycles. The maximum atomic E-state index is 13.1. The Kier molecular flexibility index (Phi) is 7.31. The molecule has 1 N–H and O–H groups in total. The smallest absolute Gasteiger partial charge is 0.235 e. The molecule has 142 valence electrons. The van der Waals surface area contributed by atoms with Crippen LogP contribution in [0.25, 0.3) is 0 Å². The van der Waals surface area contributed by atoms with Gasteiger partial charge in [0.2, 0.25) is 5.91 Å². The molecular formula is C21H18FN3O2S. The fraction of sp³-hybridized carbons (Fsp3) is 0.238. The van der Waals surface area contributed by atoms with Gasteiger partial charge in [0.15, 0.2) is 0 Å². The van der Waals surface area contributed by atoms with Crippen LogP contribution in [0.2, 0.25) is 0 Å². The molecule has 0 spiro atoms. The van der Waals surface area contributed by atoms with Crippen LogP contribution in [0.15, 0.2) is 53.4 Å². The highest BCUT2D eigenvalue weighted by molar-refractivity contribution is 7.98. The number of anilines is 1. The number of halogens is 1. The predicted molar refractivity (Wildman–Crippen MR) is 105 cm³/mol. The van der Waals surface area contributed by atoms with Crippen LogP contribution < -0.4 is 5.32 Å². The molecule has 28 heavy (non-hydrogen) atoms. The minimum Gasteiger partial charge on any atom is -0.325 e. The van der Waals surface area contributed by atoms with Gasteiger partial charge in [-0.25, -0.2) is 4.39 Å². The van der Waals surface area contributed by atoms with Crippen molar-refractivity contribution in [1.29, 1.82) is 10.5 Å². The van der Waals surface area contributed by atoms with Crippen LogP contribution in [0, 0.1) is 40.3 Å². The van der Waals surface area contributed by atoms with Crippen LogP contribution in [0.3, 0.4) is 0 Å². The second-order valence-electron chi connectivity index (χ2n) is 6.12. The number of Topliss-reactive ketones (excluding diaryl/α,β-unsaturated/α-hetero) is 1. The lowest BCUT2D eigenvalue weighted by Gasteiger charge is -2.25. The molecule has 2 aromatic rings. The summed E-state index contributed by atoms with van der Waals surface area (Å²) in [5, 5.41) is 21.4. The number of ketones is 1. The van der Waals surface area contributed by atoms with E-state index in [0.717, 1.165) is 4.90 Å². The van der Waals surface area contributed by atoms with Crippen molar-refractivity contribution in [2.75, 3.05) is 11.6 Å². The van der Waals surface area contributed by atoms with Gasteiger partial charge in [-0.1, -0.05) is 12.1 Å². The van der Waals surface area contributed by atoms with Crippen LogP contribution in [0.5, 0.6) is 0 Å². The standard InChI is InChI=1S/C21H18FN3O2S/c1-13(26)19(21(27)25-17-7-5-16(22)6-8-17)20(15(11-23)12-24)14-3-9-18(28-2)10-4-14/h3-10,15,19-20H,1-2H3,(H,25,27)/t19-,20-/m0/s1. The molecule has 0 radical (unpaired) electrons. The number of amides is 1. The van der Waals surface area contributed by atoms with Gasteiger partial charge in [-0.2, -0.15) is 10.5 Å². The van der Waals surface area contributed by atoms with E-state index < -0.39 is 35.3 Å². The zero-order chi connectivity index (χ0) is 20.7. The van der Waals surface area contributed by atoms with E-state index in [1.54, 1.807) is 12.1 Å². The summed E-state index contributed by atoms with van der Waals surface area (Å²) in [7, 11) is 0. The zero-order valence-corrected chi connectivity index (χ0v) is 16.2. The minimum absolute atomic E-state index is 0.319. The molecule has 7 heteroatoms. The van der Waals surface area contributed by atoms with Gasteiger partial charge in [-0.3, -0.25) is 9.59 Å². The molecule has 2 aromatic carbocycles. The number of carbonyl (C=O) groups is 2. The number of rotatable bonds is 7. The highest BCUT2D eigenvalue weighted by Crippen LogP contribution is 2.34. The molecule has 0 bridgehead atoms. The number of nitrogens with zero attached hydrogens (tertiary/aromatic N) is 2. The second kappa shape index (κ2) is 9.68. The quantitative estimate of drug-likeness (QED) is 0.562. The Hall–Kier alpha value is -3.16. The van der Waals surface area contributed by atoms with Crippen molar-refractivity contribution < 1.29 is 14.0 Å². The van der Waals surface area contributed by atoms with E-state index in [9.17, 15) is 24.5 Å². The number of thioether (sulfide) groups is 1. The molecule has 0 saturated carbocycles. The summed E-state index contributed by atoms with van der Waals surface area (Å²) >= 11 is 1.53. The molecule has 2 atom stereocenters. The summed E-state index contributed by atoms with van der Waals surface area (Å²) in [6.45, 7) is 1.25. The highest BCUT2D eigenvalue weighted by atomic mass is 32.2. The Morgan fingerprint density at radius 1 is 1.04 bits per heavy atom. The van der Waals surface area contributed by atoms with E-state index in [-0.39, 0.29) is 0 Å². The summed E-state index contributed by atoms with van der Waals surface area (Å²) < 4.78 is 13.1. The first-order chi connectivity index (χ1) is 13.4. The van der Waals surface area contributed by atoms with E-state index in [1.807, 2.05) is 30.5 Å². The molecule has 0 saturated heterocycles. The lowest BCUT2D eigenvalue weighted by atomic mass is 9.75. The number of hydrogen-bond acceptors (Lipinski definition) is 5. The van der Waals surface area contributed by atoms with Gasteiger partial charge < -0.3 is 5.32 Å². The summed E-state index contributed by atoms with van der Waals surface area (Å²) in [5.41, 5.74) is 0.875. The van der Waals surface area contributed by atoms with Crippen molar-refractivity contribution in [1.82, 2.24) is 0 Å². The topological polar surface area (TPSA) is 93.8 Å². The second-order valence-corrected chi connectivity index (χ2v) is 7.00. The van der Waals surface area contributed by atoms with Gasteiger partial charge in [0.1, 0.15) is 23.4 Å². The zero-order valence-electron chi connectivity index (χ0n) is 15.3. The summed E-state index contributed by atoms with van der Waals surface area (Å²) in [6, 6.07) is 16.0. The molecular weight excluding hydrogens is 377 g/mol. The highest BCUT2D eigenvalue weighted by Gasteiger charge is 2.39. The van der Waals surface area contributed by atoms with Crippen molar-refractivity contribution in [2.45, 2.75) is 17.7 Å². The van der Waals surface area contributed by atoms with Gasteiger partial charge in [-0.05, 0) is 55.1 Å². The summed E-state index contributed by atoms with van der Waals surface area (Å²) in [5.74, 6) is -4.92. The normalized spacial score (nSPS) is 12.5. The van der Waals surface area contributed by atoms with E-state index in [1.165, 1.54) is 43.0 Å². The Morgan fingerprint density at radius 3 is 2.07 bits per heavy atom. The number of nitriles is 2. The SMILES string of the molecule is CSc1ccc([C@@H](C(C#N)C#N)[C@H](C(C)=O)C(=O)Nc2ccc(F)cc2)cc1. The minimum atomic E-state index is -1.24. The number of benzene rings is 2. The molecule has 0 aromatic heterocycles. The molecule has 5 nitrogen and oxygen atoms in total. The van der Waals surface area contributed by atoms with Crippen LogP contribution in [-0.4, -0.2) is 17.9 Å². The molecule has 1 amide bonds. The predicted octanol–water partition coefficient (Wildman–Crippen LogP) is 4.14. The monoisotopic (exact) mass is 395 g/mol. The first-order valence-corrected chi connectivity index (χ1v) is 9.63. The van der Waals surface area contributed by atoms with Crippen molar-refractivity contribution in [3.63, 3.8) is 0 Å². The van der Waals surface area contributed by atoms with Crippen molar-refractivity contribution in [3.8, 4) is 12.1 Å². The fourth-order valence-corrected chi connectivity index (χ4v) is 3.35. The van der Waals surface area contributed by atoms with Gasteiger partial charge >= 0.3 is 0 Å². The lowest BCUT2D eigenvalue weighted by Crippen LogP contribution is -2.36. The first kappa shape index (κ1) is 21.1.